The topological polar surface area (TPSA) is 12.0 Å². The Hall–Kier alpha value is -1.50. The zero-order valence-electron chi connectivity index (χ0n) is 17.3. The van der Waals surface area contributed by atoms with Crippen LogP contribution in [0.25, 0.3) is 0 Å². The molecule has 0 radical (unpaired) electrons. The Morgan fingerprint density at radius 1 is 0.630 bits per heavy atom. The first kappa shape index (κ1) is 21.8. The fourth-order valence-electron chi connectivity index (χ4n) is 2.88. The molecule has 1 nitrogen and oxygen atoms in total. The molecule has 0 fully saturated rings. The number of nitrogens with one attached hydrogen (secondary N) is 1. The Kier molecular flexibility index (Phi) is 9.18. The van der Waals surface area contributed by atoms with E-state index in [-0.39, 0.29) is 0 Å². The van der Waals surface area contributed by atoms with Crippen LogP contribution >= 0.6 is 0 Å². The van der Waals surface area contributed by atoms with E-state index in [2.05, 4.69) is 113 Å². The third kappa shape index (κ3) is 6.56. The molecule has 0 saturated carbocycles. The zero-order chi connectivity index (χ0) is 19.6. The van der Waals surface area contributed by atoms with Crippen molar-refractivity contribution < 1.29 is 0 Å². The first-order valence-corrected chi connectivity index (χ1v) is 15.0. The van der Waals surface area contributed by atoms with Gasteiger partial charge in [0, 0.05) is 0 Å². The number of hydrogen-bond donors (Lipinski definition) is 1. The third-order valence-corrected chi connectivity index (χ3v) is 14.6. The van der Waals surface area contributed by atoms with Crippen molar-refractivity contribution in [2.24, 2.45) is 0 Å². The van der Waals surface area contributed by atoms with Gasteiger partial charge in [-0.15, -0.1) is 0 Å². The van der Waals surface area contributed by atoms with Gasteiger partial charge in [0.15, 0.2) is 0 Å². The van der Waals surface area contributed by atoms with Crippen LogP contribution < -0.4 is 15.1 Å². The average Bonchev–Trinajstić information content (AvgIpc) is 2.67. The Morgan fingerprint density at radius 3 is 1.44 bits per heavy atom. The second kappa shape index (κ2) is 11.4. The van der Waals surface area contributed by atoms with Crippen LogP contribution in [-0.2, 0) is 0 Å². The molecule has 0 aromatic heterocycles. The normalized spacial score (nSPS) is 10.4. The molecule has 0 amide bonds. The van der Waals surface area contributed by atoms with E-state index >= 15 is 0 Å². The molecule has 27 heavy (non-hydrogen) atoms. The van der Waals surface area contributed by atoms with Gasteiger partial charge in [-0.25, -0.2) is 0 Å². The molecule has 3 aromatic carbocycles. The summed E-state index contributed by atoms with van der Waals surface area (Å²) in [6, 6.07) is 27.3. The van der Waals surface area contributed by atoms with Crippen LogP contribution in [-0.4, -0.2) is 34.8 Å². The quantitative estimate of drug-likeness (QED) is 0.474. The summed E-state index contributed by atoms with van der Waals surface area (Å²) in [5, 5.41) is 3.11. The second-order valence-corrected chi connectivity index (χ2v) is 15.2. The van der Waals surface area contributed by atoms with Crippen LogP contribution in [0.5, 0.6) is 0 Å². The summed E-state index contributed by atoms with van der Waals surface area (Å²) >= 11 is -2.17. The molecule has 0 aliphatic rings. The van der Waals surface area contributed by atoms with Crippen LogP contribution in [0.2, 0.25) is 0 Å². The summed E-state index contributed by atoms with van der Waals surface area (Å²) in [4.78, 5) is 0. The van der Waals surface area contributed by atoms with Crippen LogP contribution in [0.15, 0.2) is 72.8 Å². The molecular formula is C25H32BiN. The molecule has 0 bridgehead atoms. The molecular weight excluding hydrogens is 523 g/mol. The van der Waals surface area contributed by atoms with E-state index in [1.807, 2.05) is 0 Å². The maximum absolute atomic E-state index is 3.11. The monoisotopic (exact) mass is 555 g/mol. The van der Waals surface area contributed by atoms with Gasteiger partial charge in [-0.2, -0.15) is 0 Å². The molecule has 2 heteroatoms. The van der Waals surface area contributed by atoms with Gasteiger partial charge < -0.3 is 5.32 Å². The number of hydrogen-bond acceptors (Lipinski definition) is 1. The van der Waals surface area contributed by atoms with Crippen molar-refractivity contribution in [1.82, 2.24) is 5.32 Å². The van der Waals surface area contributed by atoms with Gasteiger partial charge in [0.05, 0.1) is 0 Å². The van der Waals surface area contributed by atoms with Crippen molar-refractivity contribution in [2.45, 2.75) is 34.6 Å². The molecule has 0 spiro atoms. The van der Waals surface area contributed by atoms with Crippen molar-refractivity contribution >= 4 is 31.6 Å². The second-order valence-electron chi connectivity index (χ2n) is 6.75. The van der Waals surface area contributed by atoms with E-state index in [1.165, 1.54) is 16.7 Å². The maximum atomic E-state index is 3.11. The number of rotatable bonds is 5. The van der Waals surface area contributed by atoms with Crippen molar-refractivity contribution in [2.75, 3.05) is 13.1 Å². The number of aryl methyl sites for hydroxylation is 3. The van der Waals surface area contributed by atoms with Gasteiger partial charge in [0.1, 0.15) is 0 Å². The summed E-state index contributed by atoms with van der Waals surface area (Å²) in [5.41, 5.74) is 4.10. The Labute approximate surface area is 173 Å². The molecule has 0 unspecified atom stereocenters. The van der Waals surface area contributed by atoms with E-state index in [9.17, 15) is 0 Å². The third-order valence-electron chi connectivity index (χ3n) is 4.44. The predicted molar refractivity (Wildman–Crippen MR) is 122 cm³/mol. The Morgan fingerprint density at radius 2 is 1.07 bits per heavy atom. The van der Waals surface area contributed by atoms with Gasteiger partial charge in [0.2, 0.25) is 0 Å². The average molecular weight is 556 g/mol. The van der Waals surface area contributed by atoms with E-state index < -0.39 is 21.8 Å². The summed E-state index contributed by atoms with van der Waals surface area (Å²) in [7, 11) is 0. The number of benzene rings is 3. The molecule has 3 rings (SSSR count). The van der Waals surface area contributed by atoms with Crippen molar-refractivity contribution in [3.8, 4) is 0 Å². The van der Waals surface area contributed by atoms with Gasteiger partial charge in [-0.3, -0.25) is 0 Å². The fourth-order valence-corrected chi connectivity index (χ4v) is 12.3. The SMILES string of the molecule is CCNCC.Cc1cc[c]([Bi]([c]2ccc(C)cc2)[c]2ccccc2C)cc1. The van der Waals surface area contributed by atoms with Crippen molar-refractivity contribution in [1.29, 1.82) is 0 Å². The molecule has 1 N–H and O–H groups in total. The molecule has 0 atom stereocenters. The molecule has 0 aliphatic heterocycles. The molecule has 0 aliphatic carbocycles. The van der Waals surface area contributed by atoms with Gasteiger partial charge >= 0.3 is 142 Å². The minimum absolute atomic E-state index is 1.09. The fraction of sp³-hybridized carbons (Fsp3) is 0.280. The van der Waals surface area contributed by atoms with Gasteiger partial charge in [0.25, 0.3) is 0 Å². The summed E-state index contributed by atoms with van der Waals surface area (Å²) < 4.78 is 4.70. The summed E-state index contributed by atoms with van der Waals surface area (Å²) in [5.74, 6) is 0. The standard InChI is InChI=1S/3C7H7.C4H11N.Bi/c3*1-7-5-3-2-4-6-7;1-3-5-4-2;/h2*3-6H,1H3;2-5H,1H3;5H,3-4H2,1-2H3;. The van der Waals surface area contributed by atoms with Gasteiger partial charge in [-0.1, -0.05) is 13.8 Å². The summed E-state index contributed by atoms with van der Waals surface area (Å²) in [6.45, 7) is 13.0. The van der Waals surface area contributed by atoms with Crippen LogP contribution in [0.3, 0.4) is 0 Å². The molecule has 142 valence electrons. The molecule has 0 heterocycles. The predicted octanol–water partition coefficient (Wildman–Crippen LogP) is 3.74. The van der Waals surface area contributed by atoms with E-state index in [1.54, 1.807) is 9.81 Å². The van der Waals surface area contributed by atoms with E-state index in [4.69, 9.17) is 0 Å². The summed E-state index contributed by atoms with van der Waals surface area (Å²) in [6.07, 6.45) is 0. The van der Waals surface area contributed by atoms with E-state index in [0.717, 1.165) is 13.1 Å². The minimum atomic E-state index is -2.17. The first-order valence-electron chi connectivity index (χ1n) is 9.76. The Balaban J connectivity index is 0.000000465. The molecule has 3 aromatic rings. The van der Waals surface area contributed by atoms with Crippen LogP contribution in [0.1, 0.15) is 30.5 Å². The zero-order valence-corrected chi connectivity index (χ0v) is 20.8. The van der Waals surface area contributed by atoms with Crippen molar-refractivity contribution in [3.05, 3.63) is 89.5 Å². The van der Waals surface area contributed by atoms with Crippen LogP contribution in [0.4, 0.5) is 0 Å². The van der Waals surface area contributed by atoms with Gasteiger partial charge in [-0.05, 0) is 13.1 Å². The van der Waals surface area contributed by atoms with Crippen LogP contribution in [0, 0.1) is 20.8 Å². The van der Waals surface area contributed by atoms with Crippen molar-refractivity contribution in [3.63, 3.8) is 0 Å². The first-order chi connectivity index (χ1) is 13.1. The molecule has 0 saturated heterocycles. The van der Waals surface area contributed by atoms with E-state index in [0.29, 0.717) is 0 Å². The Bertz CT molecular complexity index is 759.